The molecule has 3 rings (SSSR count). The first-order chi connectivity index (χ1) is 10.5. The van der Waals surface area contributed by atoms with E-state index in [9.17, 15) is 4.79 Å². The van der Waals surface area contributed by atoms with Gasteiger partial charge in [-0.2, -0.15) is 0 Å². The number of H-pyrrole nitrogens is 1. The van der Waals surface area contributed by atoms with Crippen LogP contribution in [0.3, 0.4) is 0 Å². The van der Waals surface area contributed by atoms with E-state index >= 15 is 0 Å². The van der Waals surface area contributed by atoms with E-state index in [0.29, 0.717) is 6.61 Å². The minimum absolute atomic E-state index is 0. The van der Waals surface area contributed by atoms with Crippen LogP contribution >= 0.6 is 24.0 Å². The summed E-state index contributed by atoms with van der Waals surface area (Å²) >= 11 is 6.09. The molecule has 1 aromatic heterocycles. The van der Waals surface area contributed by atoms with Gasteiger partial charge >= 0.3 is 5.97 Å². The first kappa shape index (κ1) is 18.1. The van der Waals surface area contributed by atoms with Crippen LogP contribution in [-0.4, -0.2) is 43.1 Å². The zero-order valence-electron chi connectivity index (χ0n) is 13.4. The minimum atomic E-state index is -0.0795. The van der Waals surface area contributed by atoms with Gasteiger partial charge in [-0.3, -0.25) is 4.79 Å². The summed E-state index contributed by atoms with van der Waals surface area (Å²) in [5.74, 6) is -0.123. The lowest BCUT2D eigenvalue weighted by molar-refractivity contribution is -0.149. The van der Waals surface area contributed by atoms with E-state index in [1.807, 2.05) is 37.2 Å². The van der Waals surface area contributed by atoms with Gasteiger partial charge in [-0.25, -0.2) is 0 Å². The smallest absolute Gasteiger partial charge is 0.309 e. The fourth-order valence-corrected chi connectivity index (χ4v) is 3.22. The van der Waals surface area contributed by atoms with Crippen LogP contribution in [-0.2, 0) is 22.4 Å². The van der Waals surface area contributed by atoms with Crippen molar-refractivity contribution in [2.45, 2.75) is 19.3 Å². The van der Waals surface area contributed by atoms with Crippen LogP contribution in [0.15, 0.2) is 18.2 Å². The van der Waals surface area contributed by atoms with Gasteiger partial charge in [-0.1, -0.05) is 11.6 Å². The first-order valence-corrected chi connectivity index (χ1v) is 8.02. The number of fused-ring (bicyclic) bond motifs is 3. The number of benzene rings is 1. The third-order valence-corrected chi connectivity index (χ3v) is 4.50. The molecule has 126 valence electrons. The highest BCUT2D eigenvalue weighted by Gasteiger charge is 2.28. The largest absolute Gasteiger partial charge is 0.464 e. The Balaban J connectivity index is 0.00000192. The minimum Gasteiger partial charge on any atom is -0.464 e. The molecule has 1 heterocycles. The van der Waals surface area contributed by atoms with E-state index in [1.165, 1.54) is 10.9 Å². The predicted molar refractivity (Wildman–Crippen MR) is 95.6 cm³/mol. The van der Waals surface area contributed by atoms with Crippen molar-refractivity contribution in [2.24, 2.45) is 5.92 Å². The van der Waals surface area contributed by atoms with Crippen molar-refractivity contribution in [1.29, 1.82) is 0 Å². The Morgan fingerprint density at radius 1 is 1.43 bits per heavy atom. The van der Waals surface area contributed by atoms with Crippen LogP contribution in [0.2, 0.25) is 5.02 Å². The van der Waals surface area contributed by atoms with E-state index in [4.69, 9.17) is 16.3 Å². The maximum absolute atomic E-state index is 12.2. The van der Waals surface area contributed by atoms with Crippen molar-refractivity contribution in [3.63, 3.8) is 0 Å². The number of nitrogens with zero attached hydrogens (tertiary/aromatic N) is 1. The van der Waals surface area contributed by atoms with Gasteiger partial charge < -0.3 is 14.6 Å². The Bertz CT molecular complexity index is 697. The molecule has 1 N–H and O–H groups in total. The summed E-state index contributed by atoms with van der Waals surface area (Å²) < 4.78 is 5.38. The number of carbonyl (C=O) groups excluding carboxylic acids is 1. The maximum Gasteiger partial charge on any atom is 0.309 e. The second-order valence-electron chi connectivity index (χ2n) is 6.18. The van der Waals surface area contributed by atoms with Gasteiger partial charge in [-0.05, 0) is 50.7 Å². The number of aromatic nitrogens is 1. The number of likely N-dealkylation sites (N-methyl/N-ethyl adjacent to an activating group) is 1. The van der Waals surface area contributed by atoms with Gasteiger partial charge in [-0.15, -0.1) is 12.4 Å². The molecular weight excluding hydrogens is 335 g/mol. The number of hydrogen-bond acceptors (Lipinski definition) is 3. The molecule has 0 fully saturated rings. The molecule has 0 saturated carbocycles. The monoisotopic (exact) mass is 356 g/mol. The highest BCUT2D eigenvalue weighted by Crippen LogP contribution is 2.33. The van der Waals surface area contributed by atoms with E-state index in [2.05, 4.69) is 4.98 Å². The van der Waals surface area contributed by atoms with Crippen molar-refractivity contribution in [3.8, 4) is 0 Å². The van der Waals surface area contributed by atoms with E-state index in [1.54, 1.807) is 0 Å². The molecule has 6 heteroatoms. The molecule has 0 saturated heterocycles. The molecule has 0 amide bonds. The summed E-state index contributed by atoms with van der Waals surface area (Å²) in [6.45, 7) is 1.21. The van der Waals surface area contributed by atoms with Crippen LogP contribution in [0.4, 0.5) is 0 Å². The van der Waals surface area contributed by atoms with Crippen molar-refractivity contribution < 1.29 is 9.53 Å². The quantitative estimate of drug-likeness (QED) is 0.853. The van der Waals surface area contributed by atoms with E-state index in [-0.39, 0.29) is 24.3 Å². The molecule has 0 bridgehead atoms. The first-order valence-electron chi connectivity index (χ1n) is 7.65. The molecule has 1 unspecified atom stereocenters. The van der Waals surface area contributed by atoms with Crippen LogP contribution in [0.1, 0.15) is 17.7 Å². The summed E-state index contributed by atoms with van der Waals surface area (Å²) in [6.07, 6.45) is 2.46. The fourth-order valence-electron chi connectivity index (χ4n) is 3.05. The third-order valence-electron chi connectivity index (χ3n) is 4.27. The lowest BCUT2D eigenvalue weighted by Crippen LogP contribution is -2.27. The van der Waals surface area contributed by atoms with Crippen molar-refractivity contribution in [1.82, 2.24) is 9.88 Å². The Kier molecular flexibility index (Phi) is 5.95. The molecule has 0 radical (unpaired) electrons. The van der Waals surface area contributed by atoms with Crippen LogP contribution in [0.25, 0.3) is 10.9 Å². The average molecular weight is 357 g/mol. The molecule has 4 nitrogen and oxygen atoms in total. The summed E-state index contributed by atoms with van der Waals surface area (Å²) in [6, 6.07) is 5.89. The highest BCUT2D eigenvalue weighted by molar-refractivity contribution is 6.31. The van der Waals surface area contributed by atoms with Gasteiger partial charge in [0.15, 0.2) is 0 Å². The normalized spacial score (nSPS) is 17.0. The summed E-state index contributed by atoms with van der Waals surface area (Å²) in [7, 11) is 3.94. The Labute approximate surface area is 147 Å². The van der Waals surface area contributed by atoms with Gasteiger partial charge in [0.05, 0.1) is 5.92 Å². The van der Waals surface area contributed by atoms with Gasteiger partial charge in [0.25, 0.3) is 0 Å². The van der Waals surface area contributed by atoms with Gasteiger partial charge in [0.1, 0.15) is 6.61 Å². The summed E-state index contributed by atoms with van der Waals surface area (Å²) in [5, 5.41) is 1.93. The van der Waals surface area contributed by atoms with E-state index in [0.717, 1.165) is 42.0 Å². The zero-order chi connectivity index (χ0) is 15.7. The number of hydrogen-bond donors (Lipinski definition) is 1. The lowest BCUT2D eigenvalue weighted by atomic mass is 9.87. The van der Waals surface area contributed by atoms with Gasteiger partial charge in [0, 0.05) is 34.6 Å². The molecule has 0 aliphatic heterocycles. The molecule has 1 aliphatic carbocycles. The second kappa shape index (κ2) is 7.56. The maximum atomic E-state index is 12.2. The second-order valence-corrected chi connectivity index (χ2v) is 6.62. The standard InChI is InChI=1S/C17H21ClN2O2.ClH/c1-20(2)7-8-22-17(21)11-3-5-13-14-10-12(18)4-6-15(14)19-16(13)9-11;/h4,6,10-11,19H,3,5,7-9H2,1-2H3;1H. The molecule has 2 aromatic rings. The lowest BCUT2D eigenvalue weighted by Gasteiger charge is -2.21. The fraction of sp³-hybridized carbons (Fsp3) is 0.471. The SMILES string of the molecule is CN(C)CCOC(=O)C1CCc2c([nH]c3ccc(Cl)cc23)C1.Cl. The zero-order valence-corrected chi connectivity index (χ0v) is 15.0. The van der Waals surface area contributed by atoms with Crippen LogP contribution < -0.4 is 0 Å². The molecule has 1 aromatic carbocycles. The Morgan fingerprint density at radius 2 is 2.22 bits per heavy atom. The van der Waals surface area contributed by atoms with Crippen molar-refractivity contribution in [3.05, 3.63) is 34.5 Å². The Morgan fingerprint density at radius 3 is 2.96 bits per heavy atom. The number of esters is 1. The summed E-state index contributed by atoms with van der Waals surface area (Å²) in [5.41, 5.74) is 3.55. The van der Waals surface area contributed by atoms with Crippen molar-refractivity contribution >= 4 is 40.9 Å². The molecule has 23 heavy (non-hydrogen) atoms. The Hall–Kier alpha value is -1.23. The number of rotatable bonds is 4. The number of aryl methyl sites for hydroxylation is 1. The van der Waals surface area contributed by atoms with Crippen LogP contribution in [0, 0.1) is 5.92 Å². The number of ether oxygens (including phenoxy) is 1. The van der Waals surface area contributed by atoms with E-state index < -0.39 is 0 Å². The molecular formula is C17H22Cl2N2O2. The summed E-state index contributed by atoms with van der Waals surface area (Å²) in [4.78, 5) is 17.6. The van der Waals surface area contributed by atoms with Crippen molar-refractivity contribution in [2.75, 3.05) is 27.2 Å². The third kappa shape index (κ3) is 4.00. The average Bonchev–Trinajstić information content (AvgIpc) is 2.83. The molecule has 0 spiro atoms. The predicted octanol–water partition coefficient (Wildman–Crippen LogP) is 3.45. The van der Waals surface area contributed by atoms with Crippen LogP contribution in [0.5, 0.6) is 0 Å². The highest BCUT2D eigenvalue weighted by atomic mass is 35.5. The topological polar surface area (TPSA) is 45.3 Å². The molecule has 1 aliphatic rings. The number of aromatic amines is 1. The number of carbonyl (C=O) groups is 1. The molecule has 1 atom stereocenters. The number of nitrogens with one attached hydrogen (secondary N) is 1. The van der Waals surface area contributed by atoms with Gasteiger partial charge in [0.2, 0.25) is 0 Å². The number of halogens is 2.